The van der Waals surface area contributed by atoms with Gasteiger partial charge in [0.15, 0.2) is 6.10 Å². The van der Waals surface area contributed by atoms with Crippen LogP contribution < -0.4 is 0 Å². The monoisotopic (exact) mass is 808 g/mol. The van der Waals surface area contributed by atoms with Crippen molar-refractivity contribution < 1.29 is 52.9 Å². The van der Waals surface area contributed by atoms with Gasteiger partial charge in [-0.1, -0.05) is 137 Å². The molecule has 0 aromatic rings. The molecular weight excluding hydrogens is 735 g/mol. The molecule has 0 aromatic carbocycles. The molecule has 56 heavy (non-hydrogen) atoms. The number of phosphoric ester groups is 1. The van der Waals surface area contributed by atoms with E-state index in [0.717, 1.165) is 70.6 Å². The first kappa shape index (κ1) is 53.1. The van der Waals surface area contributed by atoms with E-state index in [4.69, 9.17) is 19.1 Å². The van der Waals surface area contributed by atoms with Crippen LogP contribution in [0.25, 0.3) is 0 Å². The van der Waals surface area contributed by atoms with E-state index >= 15 is 0 Å². The largest absolute Gasteiger partial charge is 0.472 e. The lowest BCUT2D eigenvalue weighted by Crippen LogP contribution is -2.30. The van der Waals surface area contributed by atoms with E-state index in [2.05, 4.69) is 79.1 Å². The van der Waals surface area contributed by atoms with E-state index in [9.17, 15) is 29.3 Å². The van der Waals surface area contributed by atoms with Crippen molar-refractivity contribution in [3.8, 4) is 0 Å². The highest BCUT2D eigenvalue weighted by Crippen LogP contribution is 2.43. The minimum atomic E-state index is -4.68. The SMILES string of the molecule is CC/C=C\C/C=C\C/C=C\C/C=C\C/C=C\C=C/C(O)CCC(=O)OC[C@H](COP(=O)(O)OC[C@@H](O)CO)OC(=O)CCCCCCC/C=C\CCCCCC. The number of phosphoric acid groups is 1. The third kappa shape index (κ3) is 38.0. The maximum Gasteiger partial charge on any atom is 0.472 e. The Hall–Kier alpha value is -2.89. The van der Waals surface area contributed by atoms with Crippen LogP contribution in [0.15, 0.2) is 85.1 Å². The summed E-state index contributed by atoms with van der Waals surface area (Å²) in [5.74, 6) is -1.23. The number of rotatable bonds is 37. The third-order valence-electron chi connectivity index (χ3n) is 8.15. The summed E-state index contributed by atoms with van der Waals surface area (Å²) in [6, 6.07) is 0. The normalized spacial score (nSPS) is 15.3. The van der Waals surface area contributed by atoms with Gasteiger partial charge in [-0.2, -0.15) is 0 Å². The van der Waals surface area contributed by atoms with E-state index in [1.54, 1.807) is 12.2 Å². The zero-order chi connectivity index (χ0) is 41.4. The zero-order valence-electron chi connectivity index (χ0n) is 34.2. The quantitative estimate of drug-likeness (QED) is 0.0155. The first-order chi connectivity index (χ1) is 27.1. The molecule has 4 atom stereocenters. The average molecular weight is 809 g/mol. The maximum absolute atomic E-state index is 12.6. The van der Waals surface area contributed by atoms with Crippen LogP contribution in [0, 0.1) is 0 Å². The van der Waals surface area contributed by atoms with Crippen LogP contribution in [-0.4, -0.2) is 76.9 Å². The van der Waals surface area contributed by atoms with Gasteiger partial charge in [-0.3, -0.25) is 18.6 Å². The average Bonchev–Trinajstić information content (AvgIpc) is 3.18. The first-order valence-corrected chi connectivity index (χ1v) is 22.1. The molecular formula is C44H73O11P. The molecule has 0 rings (SSSR count). The lowest BCUT2D eigenvalue weighted by molar-refractivity contribution is -0.161. The smallest absolute Gasteiger partial charge is 0.462 e. The maximum atomic E-state index is 12.6. The predicted octanol–water partition coefficient (Wildman–Crippen LogP) is 9.63. The Kier molecular flexibility index (Phi) is 36.9. The number of hydrogen-bond donors (Lipinski definition) is 4. The fraction of sp³-hybridized carbons (Fsp3) is 0.636. The highest BCUT2D eigenvalue weighted by molar-refractivity contribution is 7.47. The highest BCUT2D eigenvalue weighted by Gasteiger charge is 2.27. The van der Waals surface area contributed by atoms with Crippen molar-refractivity contribution in [1.82, 2.24) is 0 Å². The van der Waals surface area contributed by atoms with E-state index < -0.39 is 64.5 Å². The Morgan fingerprint density at radius 1 is 0.625 bits per heavy atom. The van der Waals surface area contributed by atoms with Crippen molar-refractivity contribution in [3.63, 3.8) is 0 Å². The van der Waals surface area contributed by atoms with E-state index in [1.165, 1.54) is 25.7 Å². The summed E-state index contributed by atoms with van der Waals surface area (Å²) in [6.45, 7) is 1.94. The van der Waals surface area contributed by atoms with Crippen LogP contribution >= 0.6 is 7.82 Å². The Labute approximate surface area is 337 Å². The van der Waals surface area contributed by atoms with Crippen molar-refractivity contribution in [2.75, 3.05) is 26.4 Å². The Balaban J connectivity index is 4.59. The molecule has 12 heteroatoms. The minimum Gasteiger partial charge on any atom is -0.462 e. The van der Waals surface area contributed by atoms with Crippen molar-refractivity contribution >= 4 is 19.8 Å². The molecule has 0 amide bonds. The molecule has 0 fully saturated rings. The van der Waals surface area contributed by atoms with Crippen molar-refractivity contribution in [2.45, 2.75) is 154 Å². The summed E-state index contributed by atoms with van der Waals surface area (Å²) >= 11 is 0. The number of ether oxygens (including phenoxy) is 2. The number of carbonyl (C=O) groups excluding carboxylic acids is 2. The standard InChI is InChI=1S/C44H73O11P/c1-3-5-7-9-11-13-15-17-18-19-21-22-24-26-28-30-32-40(46)34-35-43(48)52-38-42(39-54-56(50,51)53-37-41(47)36-45)55-44(49)33-31-29-27-25-23-20-16-14-12-10-8-6-4-2/h5,7,11,13-14,16-18,21-22,26,28,30,32,40-42,45-47H,3-4,6,8-10,12,15,19-20,23-25,27,29,31,33-39H2,1-2H3,(H,50,51)/b7-5-,13-11-,16-14-,18-17-,22-21-,28-26-,32-30-/t40?,41-,42+/m0/s1. The van der Waals surface area contributed by atoms with Gasteiger partial charge in [-0.15, -0.1) is 0 Å². The van der Waals surface area contributed by atoms with Crippen LogP contribution in [0.4, 0.5) is 0 Å². The molecule has 0 aromatic heterocycles. The van der Waals surface area contributed by atoms with Crippen molar-refractivity contribution in [3.05, 3.63) is 85.1 Å². The topological polar surface area (TPSA) is 169 Å². The van der Waals surface area contributed by atoms with Crippen molar-refractivity contribution in [2.24, 2.45) is 0 Å². The number of unbranched alkanes of at least 4 members (excludes halogenated alkanes) is 9. The molecule has 0 heterocycles. The number of carbonyl (C=O) groups is 2. The van der Waals surface area contributed by atoms with Crippen molar-refractivity contribution in [1.29, 1.82) is 0 Å². The van der Waals surface area contributed by atoms with E-state index in [1.807, 2.05) is 12.2 Å². The van der Waals surface area contributed by atoms with Gasteiger partial charge in [0, 0.05) is 12.8 Å². The van der Waals surface area contributed by atoms with Crippen LogP contribution in [0.2, 0.25) is 0 Å². The Morgan fingerprint density at radius 2 is 1.18 bits per heavy atom. The fourth-order valence-corrected chi connectivity index (χ4v) is 5.71. The number of aliphatic hydroxyl groups excluding tert-OH is 3. The first-order valence-electron chi connectivity index (χ1n) is 20.7. The molecule has 0 saturated carbocycles. The Bertz CT molecular complexity index is 1220. The summed E-state index contributed by atoms with van der Waals surface area (Å²) in [6.07, 6.45) is 41.7. The number of allylic oxidation sites excluding steroid dienone is 13. The van der Waals surface area contributed by atoms with Gasteiger partial charge < -0.3 is 29.7 Å². The molecule has 0 aliphatic heterocycles. The van der Waals surface area contributed by atoms with E-state index in [-0.39, 0.29) is 19.3 Å². The molecule has 0 saturated heterocycles. The molecule has 0 radical (unpaired) electrons. The fourth-order valence-electron chi connectivity index (χ4n) is 4.92. The van der Waals surface area contributed by atoms with Crippen LogP contribution in [0.3, 0.4) is 0 Å². The zero-order valence-corrected chi connectivity index (χ0v) is 35.1. The molecule has 320 valence electrons. The number of esters is 2. The van der Waals surface area contributed by atoms with Gasteiger partial charge >= 0.3 is 19.8 Å². The molecule has 0 spiro atoms. The van der Waals surface area contributed by atoms with Crippen LogP contribution in [-0.2, 0) is 32.7 Å². The third-order valence-corrected chi connectivity index (χ3v) is 9.10. The Morgan fingerprint density at radius 3 is 1.79 bits per heavy atom. The second-order valence-electron chi connectivity index (χ2n) is 13.5. The lowest BCUT2D eigenvalue weighted by Gasteiger charge is -2.20. The predicted molar refractivity (Wildman–Crippen MR) is 225 cm³/mol. The van der Waals surface area contributed by atoms with Gasteiger partial charge in [0.2, 0.25) is 0 Å². The van der Waals surface area contributed by atoms with Gasteiger partial charge in [0.25, 0.3) is 0 Å². The van der Waals surface area contributed by atoms with Gasteiger partial charge in [-0.25, -0.2) is 4.57 Å². The van der Waals surface area contributed by atoms with Crippen LogP contribution in [0.5, 0.6) is 0 Å². The summed E-state index contributed by atoms with van der Waals surface area (Å²) in [5, 5.41) is 28.6. The second kappa shape index (κ2) is 39.0. The van der Waals surface area contributed by atoms with Gasteiger partial charge in [-0.05, 0) is 70.6 Å². The summed E-state index contributed by atoms with van der Waals surface area (Å²) < 4.78 is 32.4. The lowest BCUT2D eigenvalue weighted by atomic mass is 10.1. The molecule has 4 N–H and O–H groups in total. The summed E-state index contributed by atoms with van der Waals surface area (Å²) in [5.41, 5.74) is 0. The van der Waals surface area contributed by atoms with Crippen LogP contribution in [0.1, 0.15) is 136 Å². The minimum absolute atomic E-state index is 0.100. The van der Waals surface area contributed by atoms with Gasteiger partial charge in [0.05, 0.1) is 25.9 Å². The summed E-state index contributed by atoms with van der Waals surface area (Å²) in [4.78, 5) is 34.9. The van der Waals surface area contributed by atoms with Gasteiger partial charge in [0.1, 0.15) is 12.7 Å². The molecule has 0 bridgehead atoms. The number of hydrogen-bond acceptors (Lipinski definition) is 10. The molecule has 0 aliphatic rings. The van der Waals surface area contributed by atoms with E-state index in [0.29, 0.717) is 6.42 Å². The summed E-state index contributed by atoms with van der Waals surface area (Å²) in [7, 11) is -4.68. The highest BCUT2D eigenvalue weighted by atomic mass is 31.2. The second-order valence-corrected chi connectivity index (χ2v) is 14.9. The molecule has 2 unspecified atom stereocenters. The molecule has 11 nitrogen and oxygen atoms in total. The molecule has 0 aliphatic carbocycles. The number of aliphatic hydroxyl groups is 3.